The van der Waals surface area contributed by atoms with Crippen LogP contribution in [0.3, 0.4) is 0 Å². The van der Waals surface area contributed by atoms with Gasteiger partial charge in [-0.25, -0.2) is 9.97 Å². The summed E-state index contributed by atoms with van der Waals surface area (Å²) in [6.07, 6.45) is 2.91. The number of anilines is 3. The second-order valence-electron chi connectivity index (χ2n) is 6.01. The summed E-state index contributed by atoms with van der Waals surface area (Å²) in [5.74, 6) is 0.709. The minimum absolute atomic E-state index is 0.326. The first-order chi connectivity index (χ1) is 13.0. The molecule has 0 unspecified atom stereocenters. The van der Waals surface area contributed by atoms with E-state index < -0.39 is 0 Å². The molecular formula is C20H19ClN4O2. The summed E-state index contributed by atoms with van der Waals surface area (Å²) < 4.78 is 5.28. The highest BCUT2D eigenvalue weighted by atomic mass is 35.5. The number of rotatable bonds is 5. The summed E-state index contributed by atoms with van der Waals surface area (Å²) in [7, 11) is 1.59. The Morgan fingerprint density at radius 3 is 2.48 bits per heavy atom. The fourth-order valence-corrected chi connectivity index (χ4v) is 3.01. The number of hydrogen-bond acceptors (Lipinski definition) is 5. The van der Waals surface area contributed by atoms with Crippen LogP contribution >= 0.6 is 11.6 Å². The van der Waals surface area contributed by atoms with Crippen LogP contribution in [0.15, 0.2) is 48.8 Å². The third-order valence-electron chi connectivity index (χ3n) is 3.94. The van der Waals surface area contributed by atoms with E-state index in [0.717, 1.165) is 16.8 Å². The maximum absolute atomic E-state index is 12.5. The van der Waals surface area contributed by atoms with Crippen molar-refractivity contribution in [3.63, 3.8) is 0 Å². The number of benzene rings is 2. The maximum Gasteiger partial charge on any atom is 0.258 e. The van der Waals surface area contributed by atoms with Gasteiger partial charge in [0.2, 0.25) is 5.95 Å². The van der Waals surface area contributed by atoms with Crippen LogP contribution in [-0.2, 0) is 0 Å². The fraction of sp³-hybridized carbons (Fsp3) is 0.150. The highest BCUT2D eigenvalue weighted by molar-refractivity contribution is 6.34. The third-order valence-corrected chi connectivity index (χ3v) is 4.24. The molecule has 0 atom stereocenters. The van der Waals surface area contributed by atoms with Gasteiger partial charge in [0.15, 0.2) is 0 Å². The number of hydrogen-bond donors (Lipinski definition) is 2. The molecule has 0 aliphatic rings. The molecule has 0 saturated heterocycles. The largest absolute Gasteiger partial charge is 0.495 e. The number of nitrogens with zero attached hydrogens (tertiary/aromatic N) is 2. The number of aryl methyl sites for hydroxylation is 2. The third kappa shape index (κ3) is 4.35. The lowest BCUT2D eigenvalue weighted by Gasteiger charge is -2.12. The van der Waals surface area contributed by atoms with Crippen LogP contribution in [0.2, 0.25) is 5.02 Å². The van der Waals surface area contributed by atoms with E-state index in [1.54, 1.807) is 13.2 Å². The lowest BCUT2D eigenvalue weighted by Crippen LogP contribution is -2.14. The van der Waals surface area contributed by atoms with Gasteiger partial charge in [0.25, 0.3) is 5.91 Å². The molecule has 1 aromatic heterocycles. The van der Waals surface area contributed by atoms with E-state index in [0.29, 0.717) is 28.0 Å². The summed E-state index contributed by atoms with van der Waals surface area (Å²) in [4.78, 5) is 20.9. The number of para-hydroxylation sites is 2. The summed E-state index contributed by atoms with van der Waals surface area (Å²) in [5.41, 5.74) is 3.58. The van der Waals surface area contributed by atoms with E-state index in [1.807, 2.05) is 44.2 Å². The molecule has 3 aromatic rings. The minimum Gasteiger partial charge on any atom is -0.495 e. The highest BCUT2D eigenvalue weighted by Crippen LogP contribution is 2.28. The number of carbonyl (C=O) groups excluding carboxylic acids is 1. The van der Waals surface area contributed by atoms with E-state index in [2.05, 4.69) is 20.6 Å². The lowest BCUT2D eigenvalue weighted by molar-refractivity contribution is 0.102. The number of halogens is 1. The van der Waals surface area contributed by atoms with Crippen molar-refractivity contribution in [3.8, 4) is 5.75 Å². The molecule has 6 nitrogen and oxygen atoms in total. The first-order valence-corrected chi connectivity index (χ1v) is 8.66. The number of aromatic nitrogens is 2. The van der Waals surface area contributed by atoms with Gasteiger partial charge in [-0.2, -0.15) is 0 Å². The molecule has 0 bridgehead atoms. The fourth-order valence-electron chi connectivity index (χ4n) is 2.64. The first-order valence-electron chi connectivity index (χ1n) is 8.28. The lowest BCUT2D eigenvalue weighted by atomic mass is 10.1. The Balaban J connectivity index is 1.74. The van der Waals surface area contributed by atoms with Gasteiger partial charge >= 0.3 is 0 Å². The Morgan fingerprint density at radius 1 is 1.11 bits per heavy atom. The average molecular weight is 383 g/mol. The van der Waals surface area contributed by atoms with E-state index in [4.69, 9.17) is 16.3 Å². The Labute approximate surface area is 162 Å². The quantitative estimate of drug-likeness (QED) is 0.665. The zero-order valence-corrected chi connectivity index (χ0v) is 16.0. The predicted molar refractivity (Wildman–Crippen MR) is 107 cm³/mol. The van der Waals surface area contributed by atoms with Gasteiger partial charge in [0, 0.05) is 12.4 Å². The molecular weight excluding hydrogens is 364 g/mol. The SMILES string of the molecule is COc1ccccc1Nc1ncc(C(=O)Nc2c(C)cc(C)cc2Cl)cn1. The molecule has 0 saturated carbocycles. The maximum atomic E-state index is 12.5. The van der Waals surface area contributed by atoms with Gasteiger partial charge in [-0.15, -0.1) is 0 Å². The molecule has 2 aromatic carbocycles. The van der Waals surface area contributed by atoms with Crippen molar-refractivity contribution < 1.29 is 9.53 Å². The predicted octanol–water partition coefficient (Wildman–Crippen LogP) is 4.75. The Kier molecular flexibility index (Phi) is 5.57. The van der Waals surface area contributed by atoms with Gasteiger partial charge in [-0.3, -0.25) is 4.79 Å². The molecule has 1 heterocycles. The number of methoxy groups -OCH3 is 1. The highest BCUT2D eigenvalue weighted by Gasteiger charge is 2.13. The monoisotopic (exact) mass is 382 g/mol. The van der Waals surface area contributed by atoms with Crippen molar-refractivity contribution in [3.05, 3.63) is 70.5 Å². The van der Waals surface area contributed by atoms with Gasteiger partial charge in [-0.05, 0) is 43.2 Å². The first kappa shape index (κ1) is 18.7. The number of carbonyl (C=O) groups is 1. The van der Waals surface area contributed by atoms with Crippen LogP contribution in [0.1, 0.15) is 21.5 Å². The summed E-state index contributed by atoms with van der Waals surface area (Å²) >= 11 is 6.24. The van der Waals surface area contributed by atoms with Crippen LogP contribution in [0.5, 0.6) is 5.75 Å². The topological polar surface area (TPSA) is 76.1 Å². The summed E-state index contributed by atoms with van der Waals surface area (Å²) in [6, 6.07) is 11.2. The van der Waals surface area contributed by atoms with Crippen LogP contribution < -0.4 is 15.4 Å². The zero-order chi connectivity index (χ0) is 19.4. The standard InChI is InChI=1S/C20H19ClN4O2/c1-12-8-13(2)18(15(21)9-12)25-19(26)14-10-22-20(23-11-14)24-16-6-4-5-7-17(16)27-3/h4-11H,1-3H3,(H,25,26)(H,22,23,24). The molecule has 3 rings (SSSR count). The van der Waals surface area contributed by atoms with Crippen LogP contribution in [0.4, 0.5) is 17.3 Å². The molecule has 138 valence electrons. The van der Waals surface area contributed by atoms with E-state index in [-0.39, 0.29) is 5.91 Å². The second-order valence-corrected chi connectivity index (χ2v) is 6.42. The number of nitrogens with one attached hydrogen (secondary N) is 2. The van der Waals surface area contributed by atoms with Gasteiger partial charge in [0.1, 0.15) is 5.75 Å². The molecule has 1 amide bonds. The molecule has 7 heteroatoms. The molecule has 0 aliphatic heterocycles. The number of amides is 1. The molecule has 0 spiro atoms. The number of ether oxygens (including phenoxy) is 1. The Morgan fingerprint density at radius 2 is 1.81 bits per heavy atom. The molecule has 0 fully saturated rings. The smallest absolute Gasteiger partial charge is 0.258 e. The van der Waals surface area contributed by atoms with Crippen molar-refractivity contribution in [2.75, 3.05) is 17.7 Å². The summed E-state index contributed by atoms with van der Waals surface area (Å²) in [6.45, 7) is 3.84. The molecule has 27 heavy (non-hydrogen) atoms. The van der Waals surface area contributed by atoms with Crippen molar-refractivity contribution in [1.29, 1.82) is 0 Å². The van der Waals surface area contributed by atoms with Crippen LogP contribution in [0, 0.1) is 13.8 Å². The zero-order valence-electron chi connectivity index (χ0n) is 15.2. The molecule has 0 aliphatic carbocycles. The molecule has 2 N–H and O–H groups in total. The van der Waals surface area contributed by atoms with E-state index >= 15 is 0 Å². The Hall–Kier alpha value is -3.12. The van der Waals surface area contributed by atoms with Gasteiger partial charge < -0.3 is 15.4 Å². The average Bonchev–Trinajstić information content (AvgIpc) is 2.65. The van der Waals surface area contributed by atoms with Crippen molar-refractivity contribution >= 4 is 34.8 Å². The van der Waals surface area contributed by atoms with Crippen molar-refractivity contribution in [2.24, 2.45) is 0 Å². The van der Waals surface area contributed by atoms with E-state index in [1.165, 1.54) is 12.4 Å². The second kappa shape index (κ2) is 8.05. The van der Waals surface area contributed by atoms with Gasteiger partial charge in [-0.1, -0.05) is 29.8 Å². The molecule has 0 radical (unpaired) electrons. The van der Waals surface area contributed by atoms with E-state index in [9.17, 15) is 4.79 Å². The summed E-state index contributed by atoms with van der Waals surface area (Å²) in [5, 5.41) is 6.38. The van der Waals surface area contributed by atoms with Gasteiger partial charge in [0.05, 0.1) is 29.1 Å². The normalized spacial score (nSPS) is 10.4. The van der Waals surface area contributed by atoms with Crippen LogP contribution in [0.25, 0.3) is 0 Å². The van der Waals surface area contributed by atoms with Crippen LogP contribution in [-0.4, -0.2) is 23.0 Å². The Bertz CT molecular complexity index is 951. The van der Waals surface area contributed by atoms with Crippen molar-refractivity contribution in [1.82, 2.24) is 9.97 Å². The minimum atomic E-state index is -0.326. The van der Waals surface area contributed by atoms with Crippen molar-refractivity contribution in [2.45, 2.75) is 13.8 Å².